The van der Waals surface area contributed by atoms with E-state index in [1.54, 1.807) is 0 Å². The summed E-state index contributed by atoms with van der Waals surface area (Å²) in [6.45, 7) is 3.74. The third-order valence-corrected chi connectivity index (χ3v) is 4.27. The lowest BCUT2D eigenvalue weighted by atomic mass is 10.1. The first-order valence-electron chi connectivity index (χ1n) is 8.97. The Morgan fingerprint density at radius 2 is 2.04 bits per heavy atom. The van der Waals surface area contributed by atoms with Gasteiger partial charge < -0.3 is 11.1 Å². The van der Waals surface area contributed by atoms with E-state index in [9.17, 15) is 22.8 Å². The molecule has 1 aromatic heterocycles. The quantitative estimate of drug-likeness (QED) is 0.753. The second-order valence-electron chi connectivity index (χ2n) is 6.51. The number of alkyl halides is 3. The van der Waals surface area contributed by atoms with Crippen molar-refractivity contribution in [2.75, 3.05) is 6.54 Å². The largest absolute Gasteiger partial charge is 0.416 e. The van der Waals surface area contributed by atoms with E-state index in [1.807, 2.05) is 6.92 Å². The van der Waals surface area contributed by atoms with Crippen LogP contribution in [0.25, 0.3) is 5.69 Å². The summed E-state index contributed by atoms with van der Waals surface area (Å²) in [5.41, 5.74) is 4.22. The summed E-state index contributed by atoms with van der Waals surface area (Å²) in [4.78, 5) is 24.7. The molecule has 0 aliphatic rings. The molecule has 28 heavy (non-hydrogen) atoms. The van der Waals surface area contributed by atoms with Gasteiger partial charge in [-0.15, -0.1) is 0 Å². The van der Waals surface area contributed by atoms with Gasteiger partial charge in [-0.05, 0) is 31.5 Å². The Hall–Kier alpha value is -2.68. The van der Waals surface area contributed by atoms with Crippen molar-refractivity contribution < 1.29 is 18.0 Å². The van der Waals surface area contributed by atoms with E-state index in [2.05, 4.69) is 10.4 Å². The molecule has 1 heterocycles. The van der Waals surface area contributed by atoms with E-state index in [0.717, 1.165) is 29.7 Å². The van der Waals surface area contributed by atoms with E-state index < -0.39 is 28.8 Å². The average molecular weight is 396 g/mol. The van der Waals surface area contributed by atoms with Gasteiger partial charge in [0.15, 0.2) is 5.69 Å². The molecule has 0 radical (unpaired) electrons. The van der Waals surface area contributed by atoms with E-state index in [4.69, 9.17) is 5.73 Å². The van der Waals surface area contributed by atoms with Crippen molar-refractivity contribution in [3.8, 4) is 5.69 Å². The van der Waals surface area contributed by atoms with Crippen LogP contribution in [0.2, 0.25) is 0 Å². The number of hydrogen-bond acceptors (Lipinski definition) is 4. The molecule has 1 aromatic carbocycles. The number of nitrogens with one attached hydrogen (secondary N) is 1. The molecule has 9 heteroatoms. The van der Waals surface area contributed by atoms with Crippen molar-refractivity contribution in [1.29, 1.82) is 0 Å². The molecule has 6 nitrogen and oxygen atoms in total. The van der Waals surface area contributed by atoms with Crippen LogP contribution in [0.5, 0.6) is 0 Å². The van der Waals surface area contributed by atoms with Crippen molar-refractivity contribution in [3.05, 3.63) is 57.5 Å². The molecule has 2 rings (SSSR count). The number of aromatic nitrogens is 2. The van der Waals surface area contributed by atoms with Gasteiger partial charge in [0, 0.05) is 24.3 Å². The molecule has 0 fully saturated rings. The second kappa shape index (κ2) is 9.01. The van der Waals surface area contributed by atoms with Gasteiger partial charge in [-0.25, -0.2) is 4.68 Å². The maximum Gasteiger partial charge on any atom is 0.416 e. The summed E-state index contributed by atoms with van der Waals surface area (Å²) in [5, 5.41) is 6.69. The zero-order valence-electron chi connectivity index (χ0n) is 15.7. The fourth-order valence-electron chi connectivity index (χ4n) is 2.73. The molecule has 1 atom stereocenters. The van der Waals surface area contributed by atoms with Gasteiger partial charge in [0.2, 0.25) is 5.43 Å². The Kier molecular flexibility index (Phi) is 6.95. The van der Waals surface area contributed by atoms with Crippen LogP contribution >= 0.6 is 0 Å². The lowest BCUT2D eigenvalue weighted by Gasteiger charge is -2.17. The number of carbonyl (C=O) groups excluding carboxylic acids is 1. The Balaban J connectivity index is 2.40. The van der Waals surface area contributed by atoms with E-state index in [1.165, 1.54) is 25.1 Å². The monoisotopic (exact) mass is 396 g/mol. The molecule has 0 bridgehead atoms. The van der Waals surface area contributed by atoms with Crippen molar-refractivity contribution >= 4 is 5.91 Å². The van der Waals surface area contributed by atoms with Crippen LogP contribution in [0.15, 0.2) is 35.1 Å². The number of carbonyl (C=O) groups is 1. The topological polar surface area (TPSA) is 90.0 Å². The van der Waals surface area contributed by atoms with Gasteiger partial charge >= 0.3 is 6.18 Å². The summed E-state index contributed by atoms with van der Waals surface area (Å²) < 4.78 is 40.1. The lowest BCUT2D eigenvalue weighted by molar-refractivity contribution is -0.137. The van der Waals surface area contributed by atoms with Gasteiger partial charge in [-0.1, -0.05) is 25.8 Å². The Labute approximate surface area is 160 Å². The number of aryl methyl sites for hydroxylation is 1. The lowest BCUT2D eigenvalue weighted by Crippen LogP contribution is -2.42. The van der Waals surface area contributed by atoms with Crippen LogP contribution in [0.1, 0.15) is 47.9 Å². The molecule has 0 aliphatic carbocycles. The van der Waals surface area contributed by atoms with Gasteiger partial charge in [0.1, 0.15) is 0 Å². The van der Waals surface area contributed by atoms with Crippen LogP contribution in [0.4, 0.5) is 13.2 Å². The standard InChI is InChI=1S/C19H23F3N4O2/c1-3-4-7-14(11-23)24-18(28)17-16(27)9-12(2)26(25-17)15-8-5-6-13(10-15)19(20,21)22/h5-6,8-10,14H,3-4,7,11,23H2,1-2H3,(H,24,28). The smallest absolute Gasteiger partial charge is 0.347 e. The van der Waals surface area contributed by atoms with Gasteiger partial charge in [0.25, 0.3) is 5.91 Å². The third-order valence-electron chi connectivity index (χ3n) is 4.27. The highest BCUT2D eigenvalue weighted by molar-refractivity contribution is 5.92. The number of benzene rings is 1. The molecule has 0 aliphatic heterocycles. The van der Waals surface area contributed by atoms with E-state index >= 15 is 0 Å². The molecule has 0 spiro atoms. The van der Waals surface area contributed by atoms with Crippen LogP contribution in [0, 0.1) is 6.92 Å². The fourth-order valence-corrected chi connectivity index (χ4v) is 2.73. The highest BCUT2D eigenvalue weighted by Gasteiger charge is 2.30. The minimum Gasteiger partial charge on any atom is -0.347 e. The number of unbranched alkanes of at least 4 members (excludes halogenated alkanes) is 1. The van der Waals surface area contributed by atoms with E-state index in [0.29, 0.717) is 12.1 Å². The number of nitrogens with zero attached hydrogens (tertiary/aromatic N) is 2. The molecule has 152 valence electrons. The highest BCUT2D eigenvalue weighted by atomic mass is 19.4. The van der Waals surface area contributed by atoms with Crippen molar-refractivity contribution in [3.63, 3.8) is 0 Å². The minimum absolute atomic E-state index is 0.0998. The maximum absolute atomic E-state index is 13.0. The summed E-state index contributed by atoms with van der Waals surface area (Å²) in [7, 11) is 0. The molecule has 3 N–H and O–H groups in total. The molecule has 0 saturated heterocycles. The summed E-state index contributed by atoms with van der Waals surface area (Å²) >= 11 is 0. The zero-order valence-corrected chi connectivity index (χ0v) is 15.7. The average Bonchev–Trinajstić information content (AvgIpc) is 2.64. The predicted molar refractivity (Wildman–Crippen MR) is 99.4 cm³/mol. The Morgan fingerprint density at radius 1 is 1.32 bits per heavy atom. The SMILES string of the molecule is CCCCC(CN)NC(=O)c1nn(-c2cccc(C(F)(F)F)c2)c(C)cc1=O. The second-order valence-corrected chi connectivity index (χ2v) is 6.51. The Bertz CT molecular complexity index is 893. The zero-order chi connectivity index (χ0) is 20.9. The van der Waals surface area contributed by atoms with Crippen molar-refractivity contribution in [2.24, 2.45) is 5.73 Å². The summed E-state index contributed by atoms with van der Waals surface area (Å²) in [6, 6.07) is 5.38. The molecule has 0 saturated carbocycles. The Morgan fingerprint density at radius 3 is 2.64 bits per heavy atom. The van der Waals surface area contributed by atoms with Gasteiger partial charge in [0.05, 0.1) is 11.3 Å². The van der Waals surface area contributed by atoms with Crippen molar-refractivity contribution in [2.45, 2.75) is 45.3 Å². The van der Waals surface area contributed by atoms with Crippen LogP contribution in [-0.2, 0) is 6.18 Å². The molecular formula is C19H23F3N4O2. The normalized spacial score (nSPS) is 12.6. The number of amides is 1. The molecule has 1 amide bonds. The van der Waals surface area contributed by atoms with E-state index in [-0.39, 0.29) is 18.3 Å². The molecule has 2 aromatic rings. The van der Waals surface area contributed by atoms with Crippen LogP contribution in [0.3, 0.4) is 0 Å². The first-order chi connectivity index (χ1) is 13.2. The predicted octanol–water partition coefficient (Wildman–Crippen LogP) is 2.81. The summed E-state index contributed by atoms with van der Waals surface area (Å²) in [6.07, 6.45) is -2.07. The maximum atomic E-state index is 13.0. The van der Waals surface area contributed by atoms with Crippen molar-refractivity contribution in [1.82, 2.24) is 15.1 Å². The van der Waals surface area contributed by atoms with Crippen LogP contribution < -0.4 is 16.5 Å². The van der Waals surface area contributed by atoms with Gasteiger partial charge in [-0.3, -0.25) is 9.59 Å². The third kappa shape index (κ3) is 5.19. The first-order valence-corrected chi connectivity index (χ1v) is 8.97. The number of rotatable bonds is 7. The van der Waals surface area contributed by atoms with Crippen LogP contribution in [-0.4, -0.2) is 28.3 Å². The molecular weight excluding hydrogens is 373 g/mol. The fraction of sp³-hybridized carbons (Fsp3) is 0.421. The highest BCUT2D eigenvalue weighted by Crippen LogP contribution is 2.30. The number of halogens is 3. The number of nitrogens with two attached hydrogens (primary N) is 1. The number of hydrogen-bond donors (Lipinski definition) is 2. The molecule has 1 unspecified atom stereocenters. The minimum atomic E-state index is -4.52. The van der Waals surface area contributed by atoms with Gasteiger partial charge in [-0.2, -0.15) is 18.3 Å². The summed E-state index contributed by atoms with van der Waals surface area (Å²) in [5.74, 6) is -0.697. The first kappa shape index (κ1) is 21.6.